The summed E-state index contributed by atoms with van der Waals surface area (Å²) in [5.41, 5.74) is 1.80. The monoisotopic (exact) mass is 368 g/mol. The van der Waals surface area contributed by atoms with Gasteiger partial charge in [-0.25, -0.2) is 0 Å². The standard InChI is InChI=1S/C22H28N2O3/c1-6-19(27-18-12-7-9-15(2)13-18)21(26)23-17-11-8-10-16(14-17)20(25)24-22(3,4)5/h7-14,19H,6H2,1-5H3,(H,23,26)(H,24,25). The maximum atomic E-state index is 12.6. The number of carbonyl (C=O) groups is 2. The van der Waals surface area contributed by atoms with Crippen LogP contribution in [0.1, 0.15) is 50.0 Å². The average Bonchev–Trinajstić information content (AvgIpc) is 2.58. The van der Waals surface area contributed by atoms with Gasteiger partial charge >= 0.3 is 0 Å². The highest BCUT2D eigenvalue weighted by molar-refractivity contribution is 5.98. The zero-order valence-corrected chi connectivity index (χ0v) is 16.6. The maximum absolute atomic E-state index is 12.6. The van der Waals surface area contributed by atoms with E-state index in [1.165, 1.54) is 0 Å². The Balaban J connectivity index is 2.07. The van der Waals surface area contributed by atoms with Crippen LogP contribution in [-0.4, -0.2) is 23.5 Å². The Kier molecular flexibility index (Phi) is 6.61. The predicted molar refractivity (Wildman–Crippen MR) is 108 cm³/mol. The van der Waals surface area contributed by atoms with Gasteiger partial charge in [-0.1, -0.05) is 25.1 Å². The Labute approximate surface area is 161 Å². The first-order valence-electron chi connectivity index (χ1n) is 9.14. The second-order valence-corrected chi connectivity index (χ2v) is 7.61. The van der Waals surface area contributed by atoms with E-state index in [1.54, 1.807) is 24.3 Å². The number of nitrogens with one attached hydrogen (secondary N) is 2. The lowest BCUT2D eigenvalue weighted by atomic mass is 10.1. The van der Waals surface area contributed by atoms with E-state index in [4.69, 9.17) is 4.74 Å². The number of anilines is 1. The normalized spacial score (nSPS) is 12.2. The molecule has 5 heteroatoms. The van der Waals surface area contributed by atoms with Crippen LogP contribution in [0.5, 0.6) is 5.75 Å². The van der Waals surface area contributed by atoms with Crippen LogP contribution < -0.4 is 15.4 Å². The quantitative estimate of drug-likeness (QED) is 0.798. The molecule has 0 aliphatic rings. The largest absolute Gasteiger partial charge is 0.481 e. The molecule has 0 aromatic heterocycles. The van der Waals surface area contributed by atoms with Crippen LogP contribution in [0.25, 0.3) is 0 Å². The molecule has 0 spiro atoms. The minimum absolute atomic E-state index is 0.179. The van der Waals surface area contributed by atoms with E-state index in [2.05, 4.69) is 10.6 Å². The fraction of sp³-hybridized carbons (Fsp3) is 0.364. The number of hydrogen-bond donors (Lipinski definition) is 2. The molecule has 0 radical (unpaired) electrons. The molecule has 0 saturated heterocycles. The second kappa shape index (κ2) is 8.71. The number of amides is 2. The number of hydrogen-bond acceptors (Lipinski definition) is 3. The van der Waals surface area contributed by atoms with Crippen LogP contribution in [0.15, 0.2) is 48.5 Å². The molecule has 27 heavy (non-hydrogen) atoms. The Morgan fingerprint density at radius 2 is 1.78 bits per heavy atom. The number of aryl methyl sites for hydroxylation is 1. The van der Waals surface area contributed by atoms with Gasteiger partial charge in [0.1, 0.15) is 5.75 Å². The molecule has 2 aromatic carbocycles. The topological polar surface area (TPSA) is 67.4 Å². The van der Waals surface area contributed by atoms with E-state index >= 15 is 0 Å². The highest BCUT2D eigenvalue weighted by Crippen LogP contribution is 2.17. The fourth-order valence-electron chi connectivity index (χ4n) is 2.55. The van der Waals surface area contributed by atoms with Gasteiger partial charge in [-0.3, -0.25) is 9.59 Å². The van der Waals surface area contributed by atoms with Crippen LogP contribution in [0.3, 0.4) is 0 Å². The van der Waals surface area contributed by atoms with Crippen LogP contribution >= 0.6 is 0 Å². The lowest BCUT2D eigenvalue weighted by molar-refractivity contribution is -0.122. The van der Waals surface area contributed by atoms with Crippen molar-refractivity contribution < 1.29 is 14.3 Å². The van der Waals surface area contributed by atoms with Crippen molar-refractivity contribution in [2.24, 2.45) is 0 Å². The highest BCUT2D eigenvalue weighted by Gasteiger charge is 2.20. The van der Waals surface area contributed by atoms with Crippen molar-refractivity contribution >= 4 is 17.5 Å². The molecule has 0 aliphatic heterocycles. The van der Waals surface area contributed by atoms with Crippen LogP contribution in [-0.2, 0) is 4.79 Å². The third-order valence-corrected chi connectivity index (χ3v) is 3.81. The molecule has 2 amide bonds. The van der Waals surface area contributed by atoms with Crippen molar-refractivity contribution in [2.45, 2.75) is 52.7 Å². The van der Waals surface area contributed by atoms with Crippen molar-refractivity contribution in [1.82, 2.24) is 5.32 Å². The average molecular weight is 368 g/mol. The summed E-state index contributed by atoms with van der Waals surface area (Å²) in [7, 11) is 0. The fourth-order valence-corrected chi connectivity index (χ4v) is 2.55. The van der Waals surface area contributed by atoms with Gasteiger partial charge in [0.25, 0.3) is 11.8 Å². The summed E-state index contributed by atoms with van der Waals surface area (Å²) in [6, 6.07) is 14.5. The molecule has 2 aromatic rings. The lowest BCUT2D eigenvalue weighted by Gasteiger charge is -2.21. The van der Waals surface area contributed by atoms with Crippen LogP contribution in [0, 0.1) is 6.92 Å². The molecule has 2 N–H and O–H groups in total. The maximum Gasteiger partial charge on any atom is 0.265 e. The van der Waals surface area contributed by atoms with Crippen molar-refractivity contribution in [1.29, 1.82) is 0 Å². The SMILES string of the molecule is CCC(Oc1cccc(C)c1)C(=O)Nc1cccc(C(=O)NC(C)(C)C)c1. The zero-order chi connectivity index (χ0) is 20.0. The summed E-state index contributed by atoms with van der Waals surface area (Å²) >= 11 is 0. The summed E-state index contributed by atoms with van der Waals surface area (Å²) in [6.45, 7) is 9.64. The van der Waals surface area contributed by atoms with Crippen molar-refractivity contribution in [3.05, 3.63) is 59.7 Å². The summed E-state index contributed by atoms with van der Waals surface area (Å²) in [4.78, 5) is 24.9. The van der Waals surface area contributed by atoms with Gasteiger partial charge in [-0.2, -0.15) is 0 Å². The molecule has 0 bridgehead atoms. The van der Waals surface area contributed by atoms with E-state index in [0.717, 1.165) is 5.56 Å². The second-order valence-electron chi connectivity index (χ2n) is 7.61. The minimum atomic E-state index is -0.612. The molecule has 144 valence electrons. The molecule has 1 unspecified atom stereocenters. The van der Waals surface area contributed by atoms with E-state index < -0.39 is 6.10 Å². The van der Waals surface area contributed by atoms with E-state index in [1.807, 2.05) is 58.9 Å². The zero-order valence-electron chi connectivity index (χ0n) is 16.6. The summed E-state index contributed by atoms with van der Waals surface area (Å²) in [5.74, 6) is 0.240. The predicted octanol–water partition coefficient (Wildman–Crippen LogP) is 4.32. The van der Waals surface area contributed by atoms with Gasteiger partial charge in [0.15, 0.2) is 6.10 Å². The first kappa shape index (κ1) is 20.5. The number of carbonyl (C=O) groups excluding carboxylic acids is 2. The van der Waals surface area contributed by atoms with Gasteiger partial charge in [-0.05, 0) is 70.0 Å². The minimum Gasteiger partial charge on any atom is -0.481 e. The molecule has 0 aliphatic carbocycles. The molecule has 1 atom stereocenters. The Morgan fingerprint density at radius 3 is 2.41 bits per heavy atom. The van der Waals surface area contributed by atoms with Gasteiger partial charge in [0.2, 0.25) is 0 Å². The first-order valence-corrected chi connectivity index (χ1v) is 9.14. The molecule has 2 rings (SSSR count). The van der Waals surface area contributed by atoms with Crippen LogP contribution in [0.2, 0.25) is 0 Å². The van der Waals surface area contributed by atoms with Gasteiger partial charge < -0.3 is 15.4 Å². The third-order valence-electron chi connectivity index (χ3n) is 3.81. The summed E-state index contributed by atoms with van der Waals surface area (Å²) in [6.07, 6.45) is -0.0804. The van der Waals surface area contributed by atoms with Gasteiger partial charge in [-0.15, -0.1) is 0 Å². The lowest BCUT2D eigenvalue weighted by Crippen LogP contribution is -2.40. The first-order chi connectivity index (χ1) is 12.7. The van der Waals surface area contributed by atoms with Crippen LogP contribution in [0.4, 0.5) is 5.69 Å². The van der Waals surface area contributed by atoms with Gasteiger partial charge in [0.05, 0.1) is 0 Å². The summed E-state index contributed by atoms with van der Waals surface area (Å²) < 4.78 is 5.83. The van der Waals surface area contributed by atoms with Gasteiger partial charge in [0, 0.05) is 16.8 Å². The Hall–Kier alpha value is -2.82. The number of ether oxygens (including phenoxy) is 1. The number of benzene rings is 2. The Bertz CT molecular complexity index is 809. The summed E-state index contributed by atoms with van der Waals surface area (Å²) in [5, 5.41) is 5.75. The third kappa shape index (κ3) is 6.44. The van der Waals surface area contributed by atoms with Crippen molar-refractivity contribution in [3.63, 3.8) is 0 Å². The highest BCUT2D eigenvalue weighted by atomic mass is 16.5. The van der Waals surface area contributed by atoms with E-state index in [-0.39, 0.29) is 17.4 Å². The molecular formula is C22H28N2O3. The molecule has 0 fully saturated rings. The molecular weight excluding hydrogens is 340 g/mol. The van der Waals surface area contributed by atoms with Crippen molar-refractivity contribution in [3.8, 4) is 5.75 Å². The molecule has 0 heterocycles. The smallest absolute Gasteiger partial charge is 0.265 e. The Morgan fingerprint density at radius 1 is 1.07 bits per heavy atom. The van der Waals surface area contributed by atoms with E-state index in [9.17, 15) is 9.59 Å². The van der Waals surface area contributed by atoms with Crippen molar-refractivity contribution in [2.75, 3.05) is 5.32 Å². The number of rotatable bonds is 6. The molecule has 5 nitrogen and oxygen atoms in total. The van der Waals surface area contributed by atoms with E-state index in [0.29, 0.717) is 23.4 Å². The molecule has 0 saturated carbocycles.